The Labute approximate surface area is 126 Å². The van der Waals surface area contributed by atoms with E-state index in [0.717, 1.165) is 12.0 Å². The lowest BCUT2D eigenvalue weighted by atomic mass is 10.0. The predicted octanol–water partition coefficient (Wildman–Crippen LogP) is 1.29. The molecule has 1 aliphatic heterocycles. The Morgan fingerprint density at radius 3 is 3.09 bits per heavy atom. The number of rotatable bonds is 4. The van der Waals surface area contributed by atoms with Gasteiger partial charge in [-0.1, -0.05) is 5.16 Å². The van der Waals surface area contributed by atoms with Crippen molar-refractivity contribution in [1.82, 2.24) is 10.5 Å². The first-order valence-corrected chi connectivity index (χ1v) is 6.89. The van der Waals surface area contributed by atoms with Gasteiger partial charge in [0.05, 0.1) is 5.69 Å². The molecule has 1 aromatic carbocycles. The van der Waals surface area contributed by atoms with Crippen LogP contribution in [-0.2, 0) is 11.2 Å². The molecule has 7 nitrogen and oxygen atoms in total. The van der Waals surface area contributed by atoms with E-state index in [2.05, 4.69) is 15.8 Å². The molecule has 0 unspecified atom stereocenters. The van der Waals surface area contributed by atoms with Crippen molar-refractivity contribution < 1.29 is 18.8 Å². The number of anilines is 1. The zero-order chi connectivity index (χ0) is 15.5. The third kappa shape index (κ3) is 3.08. The number of aromatic nitrogens is 1. The number of carbonyl (C=O) groups is 2. The van der Waals surface area contributed by atoms with Gasteiger partial charge >= 0.3 is 0 Å². The molecule has 0 saturated heterocycles. The third-order valence-corrected chi connectivity index (χ3v) is 3.26. The first kappa shape index (κ1) is 14.1. The largest absolute Gasteiger partial charge is 0.484 e. The molecule has 0 spiro atoms. The van der Waals surface area contributed by atoms with Crippen molar-refractivity contribution in [1.29, 1.82) is 0 Å². The quantitative estimate of drug-likeness (QED) is 0.887. The molecule has 1 aliphatic rings. The van der Waals surface area contributed by atoms with Crippen LogP contribution in [0.4, 0.5) is 5.88 Å². The average molecular weight is 301 g/mol. The molecule has 0 bridgehead atoms. The summed E-state index contributed by atoms with van der Waals surface area (Å²) in [4.78, 5) is 23.4. The number of fused-ring (bicyclic) bond motifs is 1. The minimum Gasteiger partial charge on any atom is -0.484 e. The SMILES string of the molecule is Cc1cc(NC(=O)COc2ccc3c(c2)CCNC3=O)on1. The molecule has 2 heterocycles. The molecule has 0 radical (unpaired) electrons. The van der Waals surface area contributed by atoms with Crippen molar-refractivity contribution in [3.8, 4) is 5.75 Å². The van der Waals surface area contributed by atoms with E-state index in [0.29, 0.717) is 23.6 Å². The van der Waals surface area contributed by atoms with Crippen LogP contribution in [0.1, 0.15) is 21.6 Å². The minimum atomic E-state index is -0.341. The first-order chi connectivity index (χ1) is 10.6. The summed E-state index contributed by atoms with van der Waals surface area (Å²) in [6.07, 6.45) is 0.752. The average Bonchev–Trinajstić information content (AvgIpc) is 2.90. The second kappa shape index (κ2) is 5.88. The van der Waals surface area contributed by atoms with Gasteiger partial charge in [-0.15, -0.1) is 0 Å². The molecule has 0 fully saturated rings. The maximum atomic E-state index is 11.7. The van der Waals surface area contributed by atoms with E-state index < -0.39 is 0 Å². The summed E-state index contributed by atoms with van der Waals surface area (Å²) in [5, 5.41) is 9.00. The van der Waals surface area contributed by atoms with Crippen LogP contribution in [0.15, 0.2) is 28.8 Å². The number of nitrogens with one attached hydrogen (secondary N) is 2. The monoisotopic (exact) mass is 301 g/mol. The topological polar surface area (TPSA) is 93.5 Å². The molecule has 0 aliphatic carbocycles. The van der Waals surface area contributed by atoms with Gasteiger partial charge in [0, 0.05) is 18.2 Å². The molecule has 2 N–H and O–H groups in total. The number of amides is 2. The van der Waals surface area contributed by atoms with Gasteiger partial charge in [0.25, 0.3) is 11.8 Å². The molecule has 7 heteroatoms. The summed E-state index contributed by atoms with van der Waals surface area (Å²) >= 11 is 0. The normalized spacial score (nSPS) is 13.2. The highest BCUT2D eigenvalue weighted by atomic mass is 16.5. The lowest BCUT2D eigenvalue weighted by molar-refractivity contribution is -0.118. The van der Waals surface area contributed by atoms with Gasteiger partial charge < -0.3 is 14.6 Å². The van der Waals surface area contributed by atoms with Crippen LogP contribution in [-0.4, -0.2) is 30.1 Å². The number of hydrogen-bond donors (Lipinski definition) is 2. The molecule has 2 amide bonds. The van der Waals surface area contributed by atoms with Crippen molar-refractivity contribution in [2.75, 3.05) is 18.5 Å². The highest BCUT2D eigenvalue weighted by Gasteiger charge is 2.17. The predicted molar refractivity (Wildman–Crippen MR) is 77.8 cm³/mol. The Morgan fingerprint density at radius 2 is 2.32 bits per heavy atom. The Morgan fingerprint density at radius 1 is 1.45 bits per heavy atom. The van der Waals surface area contributed by atoms with Crippen LogP contribution in [0.3, 0.4) is 0 Å². The van der Waals surface area contributed by atoms with Crippen LogP contribution >= 0.6 is 0 Å². The van der Waals surface area contributed by atoms with Crippen LogP contribution in [0.25, 0.3) is 0 Å². The summed E-state index contributed by atoms with van der Waals surface area (Å²) in [5.74, 6) is 0.420. The maximum Gasteiger partial charge on any atom is 0.264 e. The van der Waals surface area contributed by atoms with Gasteiger partial charge in [-0.3, -0.25) is 14.9 Å². The number of hydrogen-bond acceptors (Lipinski definition) is 5. The molecule has 0 atom stereocenters. The number of aryl methyl sites for hydroxylation is 1. The van der Waals surface area contributed by atoms with Crippen LogP contribution in [0.2, 0.25) is 0 Å². The van der Waals surface area contributed by atoms with Gasteiger partial charge in [0.15, 0.2) is 6.61 Å². The molecule has 0 saturated carbocycles. The van der Waals surface area contributed by atoms with Gasteiger partial charge in [-0.25, -0.2) is 0 Å². The van der Waals surface area contributed by atoms with Crippen molar-refractivity contribution in [3.63, 3.8) is 0 Å². The van der Waals surface area contributed by atoms with E-state index in [4.69, 9.17) is 9.26 Å². The summed E-state index contributed by atoms with van der Waals surface area (Å²) in [7, 11) is 0. The third-order valence-electron chi connectivity index (χ3n) is 3.26. The minimum absolute atomic E-state index is 0.0776. The second-order valence-corrected chi connectivity index (χ2v) is 4.99. The van der Waals surface area contributed by atoms with Crippen LogP contribution in [0, 0.1) is 6.92 Å². The van der Waals surface area contributed by atoms with E-state index in [1.54, 1.807) is 31.2 Å². The molecule has 2 aromatic rings. The molecule has 3 rings (SSSR count). The Kier molecular flexibility index (Phi) is 3.78. The lowest BCUT2D eigenvalue weighted by Gasteiger charge is -2.17. The number of benzene rings is 1. The van der Waals surface area contributed by atoms with E-state index >= 15 is 0 Å². The molecular weight excluding hydrogens is 286 g/mol. The van der Waals surface area contributed by atoms with Crippen molar-refractivity contribution >= 4 is 17.7 Å². The van der Waals surface area contributed by atoms with Crippen molar-refractivity contribution in [3.05, 3.63) is 41.1 Å². The highest BCUT2D eigenvalue weighted by Crippen LogP contribution is 2.20. The van der Waals surface area contributed by atoms with Gasteiger partial charge in [-0.05, 0) is 37.1 Å². The molecular formula is C15H15N3O4. The summed E-state index contributed by atoms with van der Waals surface area (Å²) in [6.45, 7) is 2.23. The van der Waals surface area contributed by atoms with Gasteiger partial charge in [0.2, 0.25) is 5.88 Å². The zero-order valence-corrected chi connectivity index (χ0v) is 12.0. The highest BCUT2D eigenvalue weighted by molar-refractivity contribution is 5.96. The van der Waals surface area contributed by atoms with Crippen LogP contribution < -0.4 is 15.4 Å². The molecule has 22 heavy (non-hydrogen) atoms. The summed E-state index contributed by atoms with van der Waals surface area (Å²) in [5.41, 5.74) is 2.26. The van der Waals surface area contributed by atoms with E-state index in [9.17, 15) is 9.59 Å². The first-order valence-electron chi connectivity index (χ1n) is 6.89. The summed E-state index contributed by atoms with van der Waals surface area (Å²) in [6, 6.07) is 6.79. The van der Waals surface area contributed by atoms with Gasteiger partial charge in [-0.2, -0.15) is 0 Å². The van der Waals surface area contributed by atoms with Crippen molar-refractivity contribution in [2.45, 2.75) is 13.3 Å². The van der Waals surface area contributed by atoms with Crippen molar-refractivity contribution in [2.24, 2.45) is 0 Å². The Bertz CT molecular complexity index is 723. The lowest BCUT2D eigenvalue weighted by Crippen LogP contribution is -2.31. The maximum absolute atomic E-state index is 11.7. The van der Waals surface area contributed by atoms with Gasteiger partial charge in [0.1, 0.15) is 5.75 Å². The number of ether oxygens (including phenoxy) is 1. The van der Waals surface area contributed by atoms with Crippen LogP contribution in [0.5, 0.6) is 5.75 Å². The fourth-order valence-electron chi connectivity index (χ4n) is 2.24. The van der Waals surface area contributed by atoms with E-state index in [1.165, 1.54) is 0 Å². The second-order valence-electron chi connectivity index (χ2n) is 4.99. The molecule has 114 valence electrons. The smallest absolute Gasteiger partial charge is 0.264 e. The fourth-order valence-corrected chi connectivity index (χ4v) is 2.24. The standard InChI is InChI=1S/C15H15N3O4/c1-9-6-14(22-18-9)17-13(19)8-21-11-2-3-12-10(7-11)4-5-16-15(12)20/h2-3,6-7H,4-5,8H2,1H3,(H,16,20)(H,17,19). The zero-order valence-electron chi connectivity index (χ0n) is 12.0. The number of nitrogens with zero attached hydrogens (tertiary/aromatic N) is 1. The number of carbonyl (C=O) groups excluding carboxylic acids is 2. The van der Waals surface area contributed by atoms with E-state index in [1.807, 2.05) is 0 Å². The summed E-state index contributed by atoms with van der Waals surface area (Å²) < 4.78 is 10.3. The molecule has 1 aromatic heterocycles. The Balaban J connectivity index is 1.59. The fraction of sp³-hybridized carbons (Fsp3) is 0.267. The van der Waals surface area contributed by atoms with E-state index in [-0.39, 0.29) is 24.3 Å². The Hall–Kier alpha value is -2.83.